The lowest BCUT2D eigenvalue weighted by atomic mass is 9.39. The van der Waals surface area contributed by atoms with Crippen LogP contribution in [0.4, 0.5) is 0 Å². The zero-order chi connectivity index (χ0) is 14.2. The molecule has 4 aliphatic rings. The zero-order valence-corrected chi connectivity index (χ0v) is 13.0. The molecule has 4 aliphatic carbocycles. The lowest BCUT2D eigenvalue weighted by Crippen LogP contribution is -2.58. The normalized spacial score (nSPS) is 47.7. The average Bonchev–Trinajstić information content (AvgIpc) is 2.69. The second kappa shape index (κ2) is 3.68. The summed E-state index contributed by atoms with van der Waals surface area (Å²) in [6.07, 6.45) is 10.1. The first kappa shape index (κ1) is 12.9. The lowest BCUT2D eigenvalue weighted by Gasteiger charge is -2.66. The first-order valence-electron chi connectivity index (χ1n) is 8.07. The number of aryl methyl sites for hydroxylation is 1. The molecule has 5 rings (SSSR count). The predicted octanol–water partition coefficient (Wildman–Crippen LogP) is 3.42. The third-order valence-corrected chi connectivity index (χ3v) is 6.51. The second-order valence-electron chi connectivity index (χ2n) is 8.85. The summed E-state index contributed by atoms with van der Waals surface area (Å²) in [5.41, 5.74) is 9.40. The van der Waals surface area contributed by atoms with E-state index in [4.69, 9.17) is 5.73 Å². The van der Waals surface area contributed by atoms with E-state index < -0.39 is 0 Å². The standard InChI is InChI=1S/C17H27N3/c1-15-6-12-7-16(2,9-15)11-17(8-12,10-15)14(18)13-4-5-19-20(13)3/h4-5,12,14H,6-11,18H2,1-3H3. The molecule has 0 aromatic carbocycles. The Morgan fingerprint density at radius 1 is 1.20 bits per heavy atom. The van der Waals surface area contributed by atoms with Gasteiger partial charge in [-0.05, 0) is 66.8 Å². The second-order valence-corrected chi connectivity index (χ2v) is 8.85. The van der Waals surface area contributed by atoms with Crippen LogP contribution in [0.1, 0.15) is 64.1 Å². The van der Waals surface area contributed by atoms with Crippen molar-refractivity contribution in [2.45, 2.75) is 58.4 Å². The van der Waals surface area contributed by atoms with E-state index in [-0.39, 0.29) is 6.04 Å². The zero-order valence-electron chi connectivity index (χ0n) is 13.0. The van der Waals surface area contributed by atoms with E-state index in [1.807, 2.05) is 17.9 Å². The van der Waals surface area contributed by atoms with E-state index in [1.165, 1.54) is 44.2 Å². The SMILES string of the molecule is Cn1nccc1C(N)C12CC3CC(C)(CC(C)(C3)C1)C2. The van der Waals surface area contributed by atoms with Crippen LogP contribution in [0.2, 0.25) is 0 Å². The first-order chi connectivity index (χ1) is 9.33. The Morgan fingerprint density at radius 2 is 1.85 bits per heavy atom. The van der Waals surface area contributed by atoms with Crippen LogP contribution in [-0.2, 0) is 7.05 Å². The average molecular weight is 273 g/mol. The van der Waals surface area contributed by atoms with Crippen LogP contribution in [0, 0.1) is 22.2 Å². The molecule has 1 aromatic heterocycles. The highest BCUT2D eigenvalue weighted by Gasteiger charge is 2.62. The first-order valence-corrected chi connectivity index (χ1v) is 8.07. The van der Waals surface area contributed by atoms with Gasteiger partial charge in [0, 0.05) is 13.2 Å². The van der Waals surface area contributed by atoms with Crippen LogP contribution >= 0.6 is 0 Å². The molecule has 1 heterocycles. The Bertz CT molecular complexity index is 528. The number of nitrogens with two attached hydrogens (primary N) is 1. The van der Waals surface area contributed by atoms with Crippen LogP contribution < -0.4 is 5.73 Å². The summed E-state index contributed by atoms with van der Waals surface area (Å²) < 4.78 is 1.98. The van der Waals surface area contributed by atoms with E-state index in [9.17, 15) is 0 Å². The molecule has 0 saturated heterocycles. The predicted molar refractivity (Wildman–Crippen MR) is 80.0 cm³/mol. The van der Waals surface area contributed by atoms with Crippen molar-refractivity contribution in [2.75, 3.05) is 0 Å². The fourth-order valence-corrected chi connectivity index (χ4v) is 6.89. The topological polar surface area (TPSA) is 43.8 Å². The minimum Gasteiger partial charge on any atom is -0.322 e. The molecular formula is C17H27N3. The van der Waals surface area contributed by atoms with Crippen LogP contribution in [0.5, 0.6) is 0 Å². The van der Waals surface area contributed by atoms with Crippen molar-refractivity contribution in [3.63, 3.8) is 0 Å². The van der Waals surface area contributed by atoms with Crippen LogP contribution in [0.3, 0.4) is 0 Å². The lowest BCUT2D eigenvalue weighted by molar-refractivity contribution is -0.155. The smallest absolute Gasteiger partial charge is 0.0553 e. The van der Waals surface area contributed by atoms with Crippen molar-refractivity contribution in [1.82, 2.24) is 9.78 Å². The maximum atomic E-state index is 6.80. The Hall–Kier alpha value is -0.830. The molecule has 0 amide bonds. The Balaban J connectivity index is 1.75. The van der Waals surface area contributed by atoms with Crippen molar-refractivity contribution >= 4 is 0 Å². The minimum absolute atomic E-state index is 0.150. The molecule has 3 heteroatoms. The summed E-state index contributed by atoms with van der Waals surface area (Å²) in [5.74, 6) is 0.903. The van der Waals surface area contributed by atoms with E-state index in [0.29, 0.717) is 16.2 Å². The molecule has 0 aliphatic heterocycles. The quantitative estimate of drug-likeness (QED) is 0.897. The molecule has 110 valence electrons. The molecule has 4 bridgehead atoms. The maximum absolute atomic E-state index is 6.80. The molecular weight excluding hydrogens is 246 g/mol. The summed E-state index contributed by atoms with van der Waals surface area (Å²) in [6.45, 7) is 5.03. The number of hydrogen-bond donors (Lipinski definition) is 1. The highest BCUT2D eigenvalue weighted by molar-refractivity contribution is 5.19. The monoisotopic (exact) mass is 273 g/mol. The van der Waals surface area contributed by atoms with Gasteiger partial charge in [-0.1, -0.05) is 13.8 Å². The van der Waals surface area contributed by atoms with Gasteiger partial charge in [-0.25, -0.2) is 0 Å². The molecule has 4 fully saturated rings. The van der Waals surface area contributed by atoms with E-state index in [0.717, 1.165) is 5.92 Å². The number of nitrogens with zero attached hydrogens (tertiary/aromatic N) is 2. The van der Waals surface area contributed by atoms with Crippen molar-refractivity contribution in [1.29, 1.82) is 0 Å². The molecule has 4 saturated carbocycles. The summed E-state index contributed by atoms with van der Waals surface area (Å²) in [4.78, 5) is 0. The Labute approximate surface area is 121 Å². The van der Waals surface area contributed by atoms with Gasteiger partial charge in [-0.3, -0.25) is 4.68 Å². The Kier molecular flexibility index (Phi) is 2.37. The van der Waals surface area contributed by atoms with Crippen molar-refractivity contribution in [3.8, 4) is 0 Å². The number of hydrogen-bond acceptors (Lipinski definition) is 2. The number of rotatable bonds is 2. The molecule has 3 unspecified atom stereocenters. The fraction of sp³-hybridized carbons (Fsp3) is 0.824. The molecule has 20 heavy (non-hydrogen) atoms. The summed E-state index contributed by atoms with van der Waals surface area (Å²) in [7, 11) is 2.03. The van der Waals surface area contributed by atoms with Crippen molar-refractivity contribution in [2.24, 2.45) is 34.9 Å². The van der Waals surface area contributed by atoms with Gasteiger partial charge in [0.05, 0.1) is 11.7 Å². The fourth-order valence-electron chi connectivity index (χ4n) is 6.89. The van der Waals surface area contributed by atoms with Gasteiger partial charge in [0.25, 0.3) is 0 Å². The summed E-state index contributed by atoms with van der Waals surface area (Å²) >= 11 is 0. The molecule has 0 spiro atoms. The molecule has 3 atom stereocenters. The third kappa shape index (κ3) is 1.65. The van der Waals surface area contributed by atoms with Gasteiger partial charge in [0.2, 0.25) is 0 Å². The highest BCUT2D eigenvalue weighted by Crippen LogP contribution is 2.71. The summed E-state index contributed by atoms with van der Waals surface area (Å²) in [5, 5.41) is 4.34. The third-order valence-electron chi connectivity index (χ3n) is 6.51. The summed E-state index contributed by atoms with van der Waals surface area (Å²) in [6, 6.07) is 2.27. The number of aromatic nitrogens is 2. The van der Waals surface area contributed by atoms with E-state index in [1.54, 1.807) is 0 Å². The van der Waals surface area contributed by atoms with Gasteiger partial charge in [-0.2, -0.15) is 5.10 Å². The van der Waals surface area contributed by atoms with Gasteiger partial charge >= 0.3 is 0 Å². The molecule has 0 radical (unpaired) electrons. The van der Waals surface area contributed by atoms with Crippen LogP contribution in [0.15, 0.2) is 12.3 Å². The van der Waals surface area contributed by atoms with Crippen molar-refractivity contribution < 1.29 is 0 Å². The molecule has 2 N–H and O–H groups in total. The highest BCUT2D eigenvalue weighted by atomic mass is 15.3. The maximum Gasteiger partial charge on any atom is 0.0553 e. The minimum atomic E-state index is 0.150. The van der Waals surface area contributed by atoms with Gasteiger partial charge in [-0.15, -0.1) is 0 Å². The molecule has 3 nitrogen and oxygen atoms in total. The van der Waals surface area contributed by atoms with E-state index >= 15 is 0 Å². The molecule has 1 aromatic rings. The van der Waals surface area contributed by atoms with Crippen LogP contribution in [0.25, 0.3) is 0 Å². The van der Waals surface area contributed by atoms with Crippen LogP contribution in [-0.4, -0.2) is 9.78 Å². The van der Waals surface area contributed by atoms with E-state index in [2.05, 4.69) is 25.0 Å². The van der Waals surface area contributed by atoms with Gasteiger partial charge < -0.3 is 5.73 Å². The van der Waals surface area contributed by atoms with Gasteiger partial charge in [0.15, 0.2) is 0 Å². The van der Waals surface area contributed by atoms with Gasteiger partial charge in [0.1, 0.15) is 0 Å². The van der Waals surface area contributed by atoms with Crippen molar-refractivity contribution in [3.05, 3.63) is 18.0 Å². The largest absolute Gasteiger partial charge is 0.322 e. The Morgan fingerprint density at radius 3 is 2.35 bits per heavy atom.